The number of anilines is 1. The fourth-order valence-electron chi connectivity index (χ4n) is 1.94. The van der Waals surface area contributed by atoms with Crippen molar-refractivity contribution in [2.75, 3.05) is 18.8 Å². The molecule has 128 valence electrons. The van der Waals surface area contributed by atoms with Crippen LogP contribution in [0.2, 0.25) is 0 Å². The maximum Gasteiger partial charge on any atom is 0.407 e. The summed E-state index contributed by atoms with van der Waals surface area (Å²) >= 11 is 0. The Kier molecular flexibility index (Phi) is 6.88. The molecule has 0 aromatic heterocycles. The maximum absolute atomic E-state index is 12.1. The highest BCUT2D eigenvalue weighted by Crippen LogP contribution is 2.17. The first kappa shape index (κ1) is 18.8. The van der Waals surface area contributed by atoms with Crippen LogP contribution >= 0.6 is 0 Å². The van der Waals surface area contributed by atoms with Gasteiger partial charge in [-0.15, -0.1) is 0 Å². The van der Waals surface area contributed by atoms with E-state index in [4.69, 9.17) is 10.5 Å². The summed E-state index contributed by atoms with van der Waals surface area (Å²) in [5.74, 6) is -0.329. The van der Waals surface area contributed by atoms with E-state index in [0.717, 1.165) is 5.56 Å². The average molecular weight is 321 g/mol. The molecule has 6 heteroatoms. The van der Waals surface area contributed by atoms with Crippen molar-refractivity contribution in [3.8, 4) is 0 Å². The second-order valence-electron chi connectivity index (χ2n) is 6.47. The number of rotatable bonds is 6. The van der Waals surface area contributed by atoms with Gasteiger partial charge in [0.2, 0.25) is 5.91 Å². The lowest BCUT2D eigenvalue weighted by Gasteiger charge is -2.19. The number of nitrogens with one attached hydrogen (secondary N) is 2. The highest BCUT2D eigenvalue weighted by Gasteiger charge is 2.16. The Hall–Kier alpha value is -2.24. The summed E-state index contributed by atoms with van der Waals surface area (Å²) < 4.78 is 5.12. The number of nitrogen functional groups attached to an aromatic ring is 1. The van der Waals surface area contributed by atoms with E-state index in [1.807, 2.05) is 39.8 Å². The summed E-state index contributed by atoms with van der Waals surface area (Å²) in [6.07, 6.45) is 0.186. The summed E-state index contributed by atoms with van der Waals surface area (Å²) in [6.45, 7) is 8.20. The number of hydrogen-bond donors (Lipinski definition) is 3. The Bertz CT molecular complexity index is 538. The van der Waals surface area contributed by atoms with Gasteiger partial charge < -0.3 is 21.1 Å². The van der Waals surface area contributed by atoms with Crippen molar-refractivity contribution in [1.82, 2.24) is 10.6 Å². The summed E-state index contributed by atoms with van der Waals surface area (Å²) in [6, 6.07) is 7.30. The third-order valence-corrected chi connectivity index (χ3v) is 3.12. The zero-order chi connectivity index (χ0) is 17.5. The predicted octanol–water partition coefficient (Wildman–Crippen LogP) is 2.40. The fraction of sp³-hybridized carbons (Fsp3) is 0.529. The van der Waals surface area contributed by atoms with E-state index >= 15 is 0 Å². The average Bonchev–Trinajstić information content (AvgIpc) is 2.44. The monoisotopic (exact) mass is 321 g/mol. The van der Waals surface area contributed by atoms with Gasteiger partial charge in [0.05, 0.1) is 5.92 Å². The fourth-order valence-corrected chi connectivity index (χ4v) is 1.94. The molecule has 6 nitrogen and oxygen atoms in total. The van der Waals surface area contributed by atoms with Crippen molar-refractivity contribution in [2.45, 2.75) is 45.6 Å². The van der Waals surface area contributed by atoms with E-state index in [2.05, 4.69) is 10.6 Å². The lowest BCUT2D eigenvalue weighted by Crippen LogP contribution is -2.35. The molecule has 1 atom stereocenters. The predicted molar refractivity (Wildman–Crippen MR) is 91.1 cm³/mol. The SMILES string of the molecule is CC(C(=O)NCCCNC(=O)OC(C)(C)C)c1cccc(N)c1. The first-order valence-corrected chi connectivity index (χ1v) is 7.79. The minimum atomic E-state index is -0.509. The number of benzene rings is 1. The number of hydrogen-bond acceptors (Lipinski definition) is 4. The zero-order valence-electron chi connectivity index (χ0n) is 14.3. The van der Waals surface area contributed by atoms with Crippen molar-refractivity contribution in [3.63, 3.8) is 0 Å². The van der Waals surface area contributed by atoms with Gasteiger partial charge in [0.1, 0.15) is 5.60 Å². The number of nitrogens with two attached hydrogens (primary N) is 1. The summed E-state index contributed by atoms with van der Waals surface area (Å²) in [7, 11) is 0. The minimum absolute atomic E-state index is 0.0622. The van der Waals surface area contributed by atoms with Gasteiger partial charge in [-0.1, -0.05) is 12.1 Å². The Balaban J connectivity index is 2.25. The molecule has 2 amide bonds. The largest absolute Gasteiger partial charge is 0.444 e. The van der Waals surface area contributed by atoms with Crippen LogP contribution in [-0.4, -0.2) is 30.7 Å². The van der Waals surface area contributed by atoms with Gasteiger partial charge in [-0.25, -0.2) is 4.79 Å². The molecule has 1 aromatic carbocycles. The van der Waals surface area contributed by atoms with Gasteiger partial charge in [0, 0.05) is 18.8 Å². The molecule has 0 bridgehead atoms. The van der Waals surface area contributed by atoms with Crippen LogP contribution in [0.1, 0.15) is 45.6 Å². The van der Waals surface area contributed by atoms with Gasteiger partial charge in [-0.05, 0) is 51.8 Å². The maximum atomic E-state index is 12.1. The van der Waals surface area contributed by atoms with Crippen molar-refractivity contribution < 1.29 is 14.3 Å². The first-order valence-electron chi connectivity index (χ1n) is 7.79. The molecule has 0 aliphatic carbocycles. The summed E-state index contributed by atoms with van der Waals surface area (Å²) in [5, 5.41) is 5.50. The van der Waals surface area contributed by atoms with Crippen LogP contribution in [0, 0.1) is 0 Å². The smallest absolute Gasteiger partial charge is 0.407 e. The highest BCUT2D eigenvalue weighted by molar-refractivity contribution is 5.83. The van der Waals surface area contributed by atoms with Crippen molar-refractivity contribution in [1.29, 1.82) is 0 Å². The second kappa shape index (κ2) is 8.41. The molecule has 1 aromatic rings. The third-order valence-electron chi connectivity index (χ3n) is 3.12. The van der Waals surface area contributed by atoms with Crippen LogP contribution in [0.25, 0.3) is 0 Å². The Labute approximate surface area is 137 Å². The summed E-state index contributed by atoms with van der Waals surface area (Å²) in [4.78, 5) is 23.5. The van der Waals surface area contributed by atoms with Crippen molar-refractivity contribution in [3.05, 3.63) is 29.8 Å². The van der Waals surface area contributed by atoms with Gasteiger partial charge in [0.15, 0.2) is 0 Å². The van der Waals surface area contributed by atoms with E-state index in [-0.39, 0.29) is 11.8 Å². The lowest BCUT2D eigenvalue weighted by molar-refractivity contribution is -0.122. The Morgan fingerprint density at radius 1 is 1.22 bits per heavy atom. The number of ether oxygens (including phenoxy) is 1. The number of amides is 2. The minimum Gasteiger partial charge on any atom is -0.444 e. The van der Waals surface area contributed by atoms with Crippen LogP contribution in [0.5, 0.6) is 0 Å². The van der Waals surface area contributed by atoms with Crippen LogP contribution < -0.4 is 16.4 Å². The molecule has 0 saturated carbocycles. The standard InChI is InChI=1S/C17H27N3O3/c1-12(13-7-5-8-14(18)11-13)15(21)19-9-6-10-20-16(22)23-17(2,3)4/h5,7-8,11-12H,6,9-10,18H2,1-4H3,(H,19,21)(H,20,22). The molecule has 0 aliphatic heterocycles. The third kappa shape index (κ3) is 7.54. The molecule has 0 heterocycles. The van der Waals surface area contributed by atoms with Gasteiger partial charge in [-0.2, -0.15) is 0 Å². The van der Waals surface area contributed by atoms with Gasteiger partial charge in [0.25, 0.3) is 0 Å². The molecule has 1 rings (SSSR count). The van der Waals surface area contributed by atoms with E-state index in [1.165, 1.54) is 0 Å². The first-order chi connectivity index (χ1) is 10.7. The number of carbonyl (C=O) groups is 2. The van der Waals surface area contributed by atoms with Crippen LogP contribution in [0.4, 0.5) is 10.5 Å². The van der Waals surface area contributed by atoms with Crippen molar-refractivity contribution in [2.24, 2.45) is 0 Å². The van der Waals surface area contributed by atoms with E-state index in [0.29, 0.717) is 25.2 Å². The highest BCUT2D eigenvalue weighted by atomic mass is 16.6. The molecule has 0 spiro atoms. The molecule has 1 unspecified atom stereocenters. The Morgan fingerprint density at radius 3 is 2.48 bits per heavy atom. The summed E-state index contributed by atoms with van der Waals surface area (Å²) in [5.41, 5.74) is 6.74. The molecule has 0 aliphatic rings. The van der Waals surface area contributed by atoms with Gasteiger partial charge >= 0.3 is 6.09 Å². The van der Waals surface area contributed by atoms with Crippen molar-refractivity contribution >= 4 is 17.7 Å². The molecule has 0 radical (unpaired) electrons. The van der Waals surface area contributed by atoms with Gasteiger partial charge in [-0.3, -0.25) is 4.79 Å². The molecule has 0 fully saturated rings. The van der Waals surface area contributed by atoms with E-state index in [1.54, 1.807) is 12.1 Å². The van der Waals surface area contributed by atoms with E-state index in [9.17, 15) is 9.59 Å². The lowest BCUT2D eigenvalue weighted by atomic mass is 10.00. The number of carbonyl (C=O) groups excluding carboxylic acids is 2. The second-order valence-corrected chi connectivity index (χ2v) is 6.47. The topological polar surface area (TPSA) is 93.5 Å². The van der Waals surface area contributed by atoms with Crippen LogP contribution in [0.15, 0.2) is 24.3 Å². The van der Waals surface area contributed by atoms with Crippen LogP contribution in [-0.2, 0) is 9.53 Å². The molecule has 23 heavy (non-hydrogen) atoms. The zero-order valence-corrected chi connectivity index (χ0v) is 14.3. The molecule has 0 saturated heterocycles. The van der Waals surface area contributed by atoms with Crippen LogP contribution in [0.3, 0.4) is 0 Å². The Morgan fingerprint density at radius 2 is 1.87 bits per heavy atom. The molecular weight excluding hydrogens is 294 g/mol. The van der Waals surface area contributed by atoms with E-state index < -0.39 is 11.7 Å². The molecule has 4 N–H and O–H groups in total. The molecular formula is C17H27N3O3. The quantitative estimate of drug-likeness (QED) is 0.554. The normalized spacial score (nSPS) is 12.3. The number of alkyl carbamates (subject to hydrolysis) is 1.